The Labute approximate surface area is 101 Å². The summed E-state index contributed by atoms with van der Waals surface area (Å²) < 4.78 is 5.69. The molecule has 1 aliphatic rings. The molecule has 0 bridgehead atoms. The van der Waals surface area contributed by atoms with Gasteiger partial charge in [0.2, 0.25) is 0 Å². The van der Waals surface area contributed by atoms with Gasteiger partial charge in [0.25, 0.3) is 0 Å². The number of ether oxygens (including phenoxy) is 1. The molecular weight excluding hydrogens is 218 g/mol. The van der Waals surface area contributed by atoms with Crippen LogP contribution in [-0.4, -0.2) is 42.1 Å². The van der Waals surface area contributed by atoms with Crippen molar-refractivity contribution < 1.29 is 14.9 Å². The molecule has 1 aromatic rings. The van der Waals surface area contributed by atoms with E-state index in [9.17, 15) is 5.11 Å². The molecule has 0 saturated carbocycles. The third-order valence-corrected chi connectivity index (χ3v) is 3.16. The minimum Gasteiger partial charge on any atom is -0.396 e. The van der Waals surface area contributed by atoms with Gasteiger partial charge in [-0.15, -0.1) is 0 Å². The number of hydrogen-bond donors (Lipinski definition) is 3. The van der Waals surface area contributed by atoms with Crippen LogP contribution in [0.4, 0.5) is 0 Å². The second-order valence-corrected chi connectivity index (χ2v) is 4.43. The monoisotopic (exact) mass is 237 g/mol. The van der Waals surface area contributed by atoms with Gasteiger partial charge in [-0.05, 0) is 5.56 Å². The van der Waals surface area contributed by atoms with Crippen molar-refractivity contribution in [2.24, 2.45) is 5.92 Å². The van der Waals surface area contributed by atoms with E-state index in [2.05, 4.69) is 5.32 Å². The highest BCUT2D eigenvalue weighted by molar-refractivity contribution is 5.13. The summed E-state index contributed by atoms with van der Waals surface area (Å²) in [4.78, 5) is 0. The van der Waals surface area contributed by atoms with Crippen LogP contribution in [0.25, 0.3) is 0 Å². The summed E-state index contributed by atoms with van der Waals surface area (Å²) in [6.45, 7) is 1.75. The predicted octanol–water partition coefficient (Wildman–Crippen LogP) is 0.144. The van der Waals surface area contributed by atoms with Crippen LogP contribution < -0.4 is 5.32 Å². The summed E-state index contributed by atoms with van der Waals surface area (Å²) in [5.41, 5.74) is 1.09. The molecule has 4 heteroatoms. The van der Waals surface area contributed by atoms with Crippen LogP contribution in [0.2, 0.25) is 0 Å². The highest BCUT2D eigenvalue weighted by Gasteiger charge is 2.31. The first-order chi connectivity index (χ1) is 8.31. The van der Waals surface area contributed by atoms with Crippen molar-refractivity contribution in [3.8, 4) is 0 Å². The van der Waals surface area contributed by atoms with E-state index in [0.29, 0.717) is 19.7 Å². The Balaban J connectivity index is 1.86. The fourth-order valence-corrected chi connectivity index (χ4v) is 2.06. The molecule has 94 valence electrons. The van der Waals surface area contributed by atoms with Gasteiger partial charge >= 0.3 is 0 Å². The van der Waals surface area contributed by atoms with Gasteiger partial charge in [-0.25, -0.2) is 0 Å². The molecule has 0 aromatic heterocycles. The molecule has 3 unspecified atom stereocenters. The fraction of sp³-hybridized carbons (Fsp3) is 0.538. The van der Waals surface area contributed by atoms with Crippen LogP contribution in [0, 0.1) is 5.92 Å². The van der Waals surface area contributed by atoms with Crippen LogP contribution in [0.1, 0.15) is 5.56 Å². The van der Waals surface area contributed by atoms with E-state index in [1.807, 2.05) is 30.3 Å². The number of nitrogens with one attached hydrogen (secondary N) is 1. The van der Waals surface area contributed by atoms with E-state index in [0.717, 1.165) is 5.56 Å². The van der Waals surface area contributed by atoms with E-state index in [1.54, 1.807) is 0 Å². The van der Waals surface area contributed by atoms with E-state index in [-0.39, 0.29) is 18.6 Å². The Hall–Kier alpha value is -0.940. The fourth-order valence-electron chi connectivity index (χ4n) is 2.06. The summed E-state index contributed by atoms with van der Waals surface area (Å²) in [6, 6.07) is 9.87. The average molecular weight is 237 g/mol. The minimum absolute atomic E-state index is 0.0145. The van der Waals surface area contributed by atoms with Crippen LogP contribution in [0.3, 0.4) is 0 Å². The molecule has 0 aliphatic carbocycles. The number of rotatable bonds is 4. The zero-order valence-corrected chi connectivity index (χ0v) is 9.75. The Kier molecular flexibility index (Phi) is 4.50. The Morgan fingerprint density at radius 1 is 1.24 bits per heavy atom. The van der Waals surface area contributed by atoms with E-state index >= 15 is 0 Å². The zero-order chi connectivity index (χ0) is 12.1. The molecule has 1 aliphatic heterocycles. The minimum atomic E-state index is -0.593. The molecule has 3 atom stereocenters. The van der Waals surface area contributed by atoms with E-state index in [4.69, 9.17) is 9.84 Å². The van der Waals surface area contributed by atoms with E-state index in [1.165, 1.54) is 0 Å². The highest BCUT2D eigenvalue weighted by Crippen LogP contribution is 2.15. The second-order valence-electron chi connectivity index (χ2n) is 4.43. The molecule has 3 N–H and O–H groups in total. The summed E-state index contributed by atoms with van der Waals surface area (Å²) >= 11 is 0. The average Bonchev–Trinajstić information content (AvgIpc) is 2.39. The lowest BCUT2D eigenvalue weighted by Gasteiger charge is -2.34. The molecule has 0 amide bonds. The van der Waals surface area contributed by atoms with Crippen molar-refractivity contribution in [1.29, 1.82) is 0 Å². The lowest BCUT2D eigenvalue weighted by molar-refractivity contribution is -0.0911. The van der Waals surface area contributed by atoms with Gasteiger partial charge in [0, 0.05) is 25.6 Å². The summed E-state index contributed by atoms with van der Waals surface area (Å²) in [7, 11) is 0. The maximum Gasteiger partial charge on any atom is 0.0966 e. The van der Waals surface area contributed by atoms with Crippen LogP contribution in [-0.2, 0) is 11.3 Å². The number of aliphatic hydroxyl groups is 2. The molecule has 1 saturated heterocycles. The first-order valence-corrected chi connectivity index (χ1v) is 5.96. The summed E-state index contributed by atoms with van der Waals surface area (Å²) in [6.07, 6.45) is -0.842. The standard InChI is InChI=1S/C13H19NO3/c15-8-11-6-14-7-12(13(11)16)17-9-10-4-2-1-3-5-10/h1-5,11-16H,6-9H2. The number of hydrogen-bond acceptors (Lipinski definition) is 4. The van der Waals surface area contributed by atoms with Gasteiger partial charge in [-0.1, -0.05) is 30.3 Å². The maximum atomic E-state index is 9.98. The van der Waals surface area contributed by atoms with Gasteiger partial charge < -0.3 is 20.3 Å². The topological polar surface area (TPSA) is 61.7 Å². The smallest absolute Gasteiger partial charge is 0.0966 e. The maximum absolute atomic E-state index is 9.98. The lowest BCUT2D eigenvalue weighted by Crippen LogP contribution is -2.52. The van der Waals surface area contributed by atoms with Gasteiger partial charge in [-0.3, -0.25) is 0 Å². The predicted molar refractivity (Wildman–Crippen MR) is 64.5 cm³/mol. The molecular formula is C13H19NO3. The zero-order valence-electron chi connectivity index (χ0n) is 9.75. The van der Waals surface area contributed by atoms with Gasteiger partial charge in [0.05, 0.1) is 18.8 Å². The van der Waals surface area contributed by atoms with Crippen molar-refractivity contribution in [1.82, 2.24) is 5.32 Å². The van der Waals surface area contributed by atoms with E-state index < -0.39 is 6.10 Å². The quantitative estimate of drug-likeness (QED) is 0.697. The van der Waals surface area contributed by atoms with Crippen LogP contribution in [0.5, 0.6) is 0 Å². The molecule has 2 rings (SSSR count). The van der Waals surface area contributed by atoms with Gasteiger partial charge in [0.1, 0.15) is 0 Å². The van der Waals surface area contributed by atoms with Crippen molar-refractivity contribution in [2.75, 3.05) is 19.7 Å². The molecule has 4 nitrogen and oxygen atoms in total. The van der Waals surface area contributed by atoms with Crippen molar-refractivity contribution in [3.63, 3.8) is 0 Å². The van der Waals surface area contributed by atoms with Crippen molar-refractivity contribution in [3.05, 3.63) is 35.9 Å². The third-order valence-electron chi connectivity index (χ3n) is 3.16. The van der Waals surface area contributed by atoms with Crippen LogP contribution in [0.15, 0.2) is 30.3 Å². The Bertz CT molecular complexity index is 331. The van der Waals surface area contributed by atoms with Crippen molar-refractivity contribution >= 4 is 0 Å². The number of benzene rings is 1. The normalized spacial score (nSPS) is 29.2. The lowest BCUT2D eigenvalue weighted by atomic mass is 9.94. The van der Waals surface area contributed by atoms with Gasteiger partial charge in [-0.2, -0.15) is 0 Å². The Morgan fingerprint density at radius 2 is 2.00 bits per heavy atom. The largest absolute Gasteiger partial charge is 0.396 e. The number of aliphatic hydroxyl groups excluding tert-OH is 2. The molecule has 0 spiro atoms. The van der Waals surface area contributed by atoms with Gasteiger partial charge in [0.15, 0.2) is 0 Å². The molecule has 0 radical (unpaired) electrons. The highest BCUT2D eigenvalue weighted by atomic mass is 16.5. The summed E-state index contributed by atoms with van der Waals surface area (Å²) in [5, 5.41) is 22.2. The van der Waals surface area contributed by atoms with Crippen LogP contribution >= 0.6 is 0 Å². The summed E-state index contributed by atoms with van der Waals surface area (Å²) in [5.74, 6) is -0.135. The Morgan fingerprint density at radius 3 is 2.71 bits per heavy atom. The molecule has 1 fully saturated rings. The molecule has 1 heterocycles. The number of piperidine rings is 1. The first-order valence-electron chi connectivity index (χ1n) is 5.96. The molecule has 1 aromatic carbocycles. The second kappa shape index (κ2) is 6.12. The van der Waals surface area contributed by atoms with Crippen molar-refractivity contribution in [2.45, 2.75) is 18.8 Å². The third kappa shape index (κ3) is 3.26. The molecule has 17 heavy (non-hydrogen) atoms. The first kappa shape index (κ1) is 12.5. The SMILES string of the molecule is OCC1CNCC(OCc2ccccc2)C1O.